The van der Waals surface area contributed by atoms with Gasteiger partial charge in [-0.15, -0.1) is 0 Å². The molecule has 2 saturated heterocycles. The fourth-order valence-electron chi connectivity index (χ4n) is 3.47. The van der Waals surface area contributed by atoms with Crippen molar-refractivity contribution in [3.63, 3.8) is 0 Å². The Morgan fingerprint density at radius 3 is 1.40 bits per heavy atom. The van der Waals surface area contributed by atoms with Crippen molar-refractivity contribution in [3.8, 4) is 0 Å². The average molecular weight is 432 g/mol. The second kappa shape index (κ2) is 9.70. The Morgan fingerprint density at radius 2 is 1.03 bits per heavy atom. The first kappa shape index (κ1) is 23.1. The zero-order chi connectivity index (χ0) is 22.0. The largest absolute Gasteiger partial charge is 0.394 e. The highest BCUT2D eigenvalue weighted by Gasteiger charge is 2.44. The molecule has 0 bridgehead atoms. The van der Waals surface area contributed by atoms with Gasteiger partial charge in [0.15, 0.2) is 12.5 Å². The molecule has 2 aliphatic rings. The molecule has 12 heteroatoms. The maximum absolute atomic E-state index is 10.1. The van der Waals surface area contributed by atoms with Gasteiger partial charge in [-0.3, -0.25) is 0 Å². The third-order valence-corrected chi connectivity index (χ3v) is 5.26. The summed E-state index contributed by atoms with van der Waals surface area (Å²) < 4.78 is 10.8. The third kappa shape index (κ3) is 4.68. The number of aliphatic hydroxyl groups excluding tert-OH is 8. The van der Waals surface area contributed by atoms with E-state index < -0.39 is 74.5 Å². The van der Waals surface area contributed by atoms with Crippen molar-refractivity contribution < 1.29 is 50.3 Å². The Hall–Kier alpha value is -1.58. The number of anilines is 2. The number of benzene rings is 1. The van der Waals surface area contributed by atoms with Crippen LogP contribution in [0.4, 0.5) is 11.4 Å². The normalized spacial score (nSPS) is 42.0. The van der Waals surface area contributed by atoms with Crippen molar-refractivity contribution in [1.29, 1.82) is 0 Å². The van der Waals surface area contributed by atoms with Gasteiger partial charge in [-0.25, -0.2) is 0 Å². The molecule has 3 rings (SSSR count). The molecule has 0 unspecified atom stereocenters. The quantitative estimate of drug-likeness (QED) is 0.210. The van der Waals surface area contributed by atoms with Crippen LogP contribution in [0.1, 0.15) is 0 Å². The van der Waals surface area contributed by atoms with Crippen LogP contribution in [0.2, 0.25) is 0 Å². The Labute approximate surface area is 171 Å². The minimum Gasteiger partial charge on any atom is -0.394 e. The van der Waals surface area contributed by atoms with Gasteiger partial charge in [-0.1, -0.05) is 6.07 Å². The van der Waals surface area contributed by atoms with Gasteiger partial charge in [0.1, 0.15) is 48.8 Å². The second-order valence-corrected chi connectivity index (χ2v) is 7.37. The first-order valence-corrected chi connectivity index (χ1v) is 9.51. The molecule has 1 aromatic rings. The van der Waals surface area contributed by atoms with Gasteiger partial charge in [-0.05, 0) is 18.2 Å². The number of hydrogen-bond donors (Lipinski definition) is 10. The van der Waals surface area contributed by atoms with Gasteiger partial charge in [-0.2, -0.15) is 0 Å². The van der Waals surface area contributed by atoms with Crippen LogP contribution in [0, 0.1) is 0 Å². The lowest BCUT2D eigenvalue weighted by Gasteiger charge is -2.41. The zero-order valence-electron chi connectivity index (χ0n) is 15.9. The van der Waals surface area contributed by atoms with Gasteiger partial charge in [0.25, 0.3) is 0 Å². The molecule has 0 amide bonds. The van der Waals surface area contributed by atoms with Crippen molar-refractivity contribution in [3.05, 3.63) is 24.3 Å². The molecule has 10 atom stereocenters. The summed E-state index contributed by atoms with van der Waals surface area (Å²) in [4.78, 5) is 0. The first-order valence-electron chi connectivity index (χ1n) is 9.51. The van der Waals surface area contributed by atoms with Crippen molar-refractivity contribution in [1.82, 2.24) is 0 Å². The fourth-order valence-corrected chi connectivity index (χ4v) is 3.47. The highest BCUT2D eigenvalue weighted by Crippen LogP contribution is 2.26. The SMILES string of the molecule is OC[C@@H]1O[C@H](Nc2cccc(N[C@@H]3O[C@H](CO)[C@H](O)[C@H](O)[C@@H]3O)c2)[C@H](O)[C@@H](O)[C@@H]1O. The third-order valence-electron chi connectivity index (χ3n) is 5.26. The molecule has 0 spiro atoms. The summed E-state index contributed by atoms with van der Waals surface area (Å²) in [5, 5.41) is 84.0. The van der Waals surface area contributed by atoms with E-state index in [-0.39, 0.29) is 0 Å². The number of nitrogens with one attached hydrogen (secondary N) is 2. The van der Waals surface area contributed by atoms with Crippen molar-refractivity contribution >= 4 is 11.4 Å². The maximum atomic E-state index is 10.1. The van der Waals surface area contributed by atoms with Crippen molar-refractivity contribution in [2.45, 2.75) is 61.3 Å². The number of ether oxygens (including phenoxy) is 2. The summed E-state index contributed by atoms with van der Waals surface area (Å²) >= 11 is 0. The minimum absolute atomic E-state index is 0.425. The van der Waals surface area contributed by atoms with E-state index in [2.05, 4.69) is 10.6 Å². The summed E-state index contributed by atoms with van der Waals surface area (Å²) in [7, 11) is 0. The Morgan fingerprint density at radius 1 is 0.633 bits per heavy atom. The lowest BCUT2D eigenvalue weighted by Crippen LogP contribution is -2.60. The fraction of sp³-hybridized carbons (Fsp3) is 0.667. The number of hydrogen-bond acceptors (Lipinski definition) is 12. The molecule has 12 nitrogen and oxygen atoms in total. The van der Waals surface area contributed by atoms with Crippen LogP contribution in [0.3, 0.4) is 0 Å². The Kier molecular flexibility index (Phi) is 7.47. The average Bonchev–Trinajstić information content (AvgIpc) is 2.74. The molecule has 1 aromatic carbocycles. The number of rotatable bonds is 6. The van der Waals surface area contributed by atoms with Crippen LogP contribution in [-0.2, 0) is 9.47 Å². The Bertz CT molecular complexity index is 639. The van der Waals surface area contributed by atoms with E-state index in [1.165, 1.54) is 0 Å². The van der Waals surface area contributed by atoms with Gasteiger partial charge in [0.2, 0.25) is 0 Å². The molecular formula is C18H28N2O10. The Balaban J connectivity index is 1.69. The topological polar surface area (TPSA) is 204 Å². The monoisotopic (exact) mass is 432 g/mol. The molecular weight excluding hydrogens is 404 g/mol. The lowest BCUT2D eigenvalue weighted by atomic mass is 9.98. The summed E-state index contributed by atoms with van der Waals surface area (Å²) in [5.41, 5.74) is 0.850. The molecule has 10 N–H and O–H groups in total. The van der Waals surface area contributed by atoms with Crippen LogP contribution in [0.25, 0.3) is 0 Å². The highest BCUT2D eigenvalue weighted by molar-refractivity contribution is 5.57. The minimum atomic E-state index is -1.52. The van der Waals surface area contributed by atoms with Crippen LogP contribution in [-0.4, -0.2) is 115 Å². The summed E-state index contributed by atoms with van der Waals surface area (Å²) in [5.74, 6) is 0. The predicted octanol–water partition coefficient (Wildman–Crippen LogP) is -3.89. The van der Waals surface area contributed by atoms with Gasteiger partial charge >= 0.3 is 0 Å². The van der Waals surface area contributed by atoms with Crippen LogP contribution >= 0.6 is 0 Å². The van der Waals surface area contributed by atoms with Gasteiger partial charge in [0.05, 0.1) is 13.2 Å². The van der Waals surface area contributed by atoms with E-state index >= 15 is 0 Å². The smallest absolute Gasteiger partial charge is 0.157 e. The van der Waals surface area contributed by atoms with E-state index in [0.29, 0.717) is 11.4 Å². The molecule has 0 aliphatic carbocycles. The van der Waals surface area contributed by atoms with E-state index in [1.54, 1.807) is 24.3 Å². The lowest BCUT2D eigenvalue weighted by molar-refractivity contribution is -0.221. The molecule has 2 fully saturated rings. The van der Waals surface area contributed by atoms with E-state index in [9.17, 15) is 40.9 Å². The predicted molar refractivity (Wildman–Crippen MR) is 101 cm³/mol. The van der Waals surface area contributed by atoms with Crippen LogP contribution < -0.4 is 10.6 Å². The van der Waals surface area contributed by atoms with Crippen molar-refractivity contribution in [2.75, 3.05) is 23.8 Å². The molecule has 2 aliphatic heterocycles. The standard InChI is InChI=1S/C18H28N2O10/c21-5-9-11(23)13(25)15(27)17(29-9)19-7-2-1-3-8(4-7)20-18-16(28)14(26)12(24)10(6-22)30-18/h1-4,9-28H,5-6H2/t9-,10+,11+,12-,13-,14-,15+,16-,17-,18+/m0/s1. The van der Waals surface area contributed by atoms with Crippen LogP contribution in [0.15, 0.2) is 24.3 Å². The molecule has 0 saturated carbocycles. The van der Waals surface area contributed by atoms with E-state index in [4.69, 9.17) is 9.47 Å². The van der Waals surface area contributed by atoms with Crippen molar-refractivity contribution in [2.24, 2.45) is 0 Å². The van der Waals surface area contributed by atoms with E-state index in [1.807, 2.05) is 0 Å². The molecule has 0 radical (unpaired) electrons. The van der Waals surface area contributed by atoms with Crippen LogP contribution in [0.5, 0.6) is 0 Å². The maximum Gasteiger partial charge on any atom is 0.157 e. The highest BCUT2D eigenvalue weighted by atomic mass is 16.6. The number of aliphatic hydroxyl groups is 8. The molecule has 170 valence electrons. The van der Waals surface area contributed by atoms with Gasteiger partial charge in [0, 0.05) is 11.4 Å². The summed E-state index contributed by atoms with van der Waals surface area (Å²) in [6.45, 7) is -1.11. The molecule has 2 heterocycles. The summed E-state index contributed by atoms with van der Waals surface area (Å²) in [6, 6.07) is 6.43. The van der Waals surface area contributed by atoms with Gasteiger partial charge < -0.3 is 61.0 Å². The van der Waals surface area contributed by atoms with E-state index in [0.717, 1.165) is 0 Å². The zero-order valence-corrected chi connectivity index (χ0v) is 15.9. The first-order chi connectivity index (χ1) is 14.3. The molecule has 30 heavy (non-hydrogen) atoms. The second-order valence-electron chi connectivity index (χ2n) is 7.37. The molecule has 0 aromatic heterocycles. The summed E-state index contributed by atoms with van der Waals surface area (Å²) in [6.07, 6.45) is -13.3.